The van der Waals surface area contributed by atoms with Crippen LogP contribution < -0.4 is 20.4 Å². The minimum atomic E-state index is -0.367. The zero-order chi connectivity index (χ0) is 24.9. The lowest BCUT2D eigenvalue weighted by Gasteiger charge is -2.37. The number of hydrogen-bond donors (Lipinski definition) is 3. The molecule has 2 aliphatic heterocycles. The topological polar surface area (TPSA) is 129 Å². The Labute approximate surface area is 209 Å². The van der Waals surface area contributed by atoms with Gasteiger partial charge in [0.05, 0.1) is 38.1 Å². The van der Waals surface area contributed by atoms with Gasteiger partial charge in [-0.1, -0.05) is 0 Å². The van der Waals surface area contributed by atoms with E-state index >= 15 is 0 Å². The van der Waals surface area contributed by atoms with Gasteiger partial charge >= 0.3 is 6.03 Å². The van der Waals surface area contributed by atoms with Crippen LogP contribution in [0.4, 0.5) is 22.2 Å². The van der Waals surface area contributed by atoms with Gasteiger partial charge in [-0.05, 0) is 43.7 Å². The maximum absolute atomic E-state index is 11.9. The van der Waals surface area contributed by atoms with Gasteiger partial charge in [0.1, 0.15) is 5.82 Å². The van der Waals surface area contributed by atoms with Crippen molar-refractivity contribution in [1.29, 1.82) is 0 Å². The number of fused-ring (bicyclic) bond motifs is 1. The summed E-state index contributed by atoms with van der Waals surface area (Å²) in [5, 5.41) is 14.2. The minimum Gasteiger partial charge on any atom is -0.395 e. The molecule has 3 N–H and O–H groups in total. The maximum Gasteiger partial charge on any atom is 0.319 e. The zero-order valence-corrected chi connectivity index (χ0v) is 20.2. The fourth-order valence-electron chi connectivity index (χ4n) is 4.49. The number of ether oxygens (including phenoxy) is 1. The quantitative estimate of drug-likeness (QED) is 0.474. The molecule has 188 valence electrons. The molecule has 4 heterocycles. The molecule has 2 amide bonds. The molecule has 2 aliphatic rings. The number of rotatable bonds is 6. The third kappa shape index (κ3) is 5.21. The first-order valence-electron chi connectivity index (χ1n) is 12.1. The lowest BCUT2D eigenvalue weighted by Crippen LogP contribution is -2.45. The number of carbonyl (C=O) groups is 1. The Morgan fingerprint density at radius 2 is 1.97 bits per heavy atom. The Morgan fingerprint density at radius 3 is 2.72 bits per heavy atom. The highest BCUT2D eigenvalue weighted by Crippen LogP contribution is 2.32. The van der Waals surface area contributed by atoms with Crippen molar-refractivity contribution in [3.05, 3.63) is 54.0 Å². The van der Waals surface area contributed by atoms with E-state index in [4.69, 9.17) is 19.8 Å². The predicted molar refractivity (Wildman–Crippen MR) is 136 cm³/mol. The van der Waals surface area contributed by atoms with Crippen LogP contribution in [0.25, 0.3) is 11.4 Å². The van der Waals surface area contributed by atoms with Crippen LogP contribution in [0.3, 0.4) is 0 Å². The van der Waals surface area contributed by atoms with Crippen molar-refractivity contribution in [3.63, 3.8) is 0 Å². The molecule has 2 aromatic heterocycles. The first-order valence-corrected chi connectivity index (χ1v) is 12.1. The Kier molecular flexibility index (Phi) is 7.19. The minimum absolute atomic E-state index is 0.111. The summed E-state index contributed by atoms with van der Waals surface area (Å²) in [6, 6.07) is 9.09. The van der Waals surface area contributed by atoms with E-state index < -0.39 is 0 Å². The molecule has 3 aromatic rings. The number of urea groups is 1. The molecule has 0 unspecified atom stereocenters. The Morgan fingerprint density at radius 1 is 1.17 bits per heavy atom. The van der Waals surface area contributed by atoms with Crippen molar-refractivity contribution in [2.75, 3.05) is 54.6 Å². The molecule has 1 fully saturated rings. The lowest BCUT2D eigenvalue weighted by atomic mass is 10.0. The second-order valence-corrected chi connectivity index (χ2v) is 8.82. The summed E-state index contributed by atoms with van der Waals surface area (Å²) in [4.78, 5) is 35.2. The molecular weight excluding hydrogens is 460 g/mol. The molecule has 5 rings (SSSR count). The van der Waals surface area contributed by atoms with Crippen LogP contribution in [-0.2, 0) is 17.7 Å². The summed E-state index contributed by atoms with van der Waals surface area (Å²) in [6.07, 6.45) is 4.31. The average Bonchev–Trinajstić information content (AvgIpc) is 2.92. The smallest absolute Gasteiger partial charge is 0.319 e. The Balaban J connectivity index is 1.46. The number of carbonyl (C=O) groups excluding carboxylic acids is 1. The molecule has 11 nitrogen and oxygen atoms in total. The molecular formula is C25H30N8O3. The second kappa shape index (κ2) is 10.8. The first-order chi connectivity index (χ1) is 17.6. The van der Waals surface area contributed by atoms with E-state index in [1.165, 1.54) is 5.56 Å². The molecule has 1 aromatic carbocycles. The van der Waals surface area contributed by atoms with Gasteiger partial charge < -0.3 is 30.3 Å². The van der Waals surface area contributed by atoms with Gasteiger partial charge in [-0.15, -0.1) is 0 Å². The number of aliphatic hydroxyl groups excluding tert-OH is 1. The molecule has 1 saturated heterocycles. The maximum atomic E-state index is 11.9. The molecule has 36 heavy (non-hydrogen) atoms. The highest BCUT2D eigenvalue weighted by atomic mass is 16.5. The summed E-state index contributed by atoms with van der Waals surface area (Å²) >= 11 is 0. The summed E-state index contributed by atoms with van der Waals surface area (Å²) in [7, 11) is 0. The molecule has 0 aliphatic carbocycles. The highest BCUT2D eigenvalue weighted by Gasteiger charge is 2.29. The number of nitrogens with zero attached hydrogens (tertiary/aromatic N) is 6. The predicted octanol–water partition coefficient (Wildman–Crippen LogP) is 1.84. The third-order valence-electron chi connectivity index (χ3n) is 6.32. The van der Waals surface area contributed by atoms with Crippen LogP contribution in [0, 0.1) is 0 Å². The molecule has 0 bridgehead atoms. The zero-order valence-electron chi connectivity index (χ0n) is 20.2. The van der Waals surface area contributed by atoms with E-state index in [0.717, 1.165) is 36.6 Å². The average molecular weight is 491 g/mol. The number of nitrogens with one attached hydrogen (secondary N) is 2. The molecule has 0 spiro atoms. The summed E-state index contributed by atoms with van der Waals surface area (Å²) < 4.78 is 5.67. The van der Waals surface area contributed by atoms with E-state index in [0.29, 0.717) is 37.2 Å². The van der Waals surface area contributed by atoms with Crippen molar-refractivity contribution < 1.29 is 14.6 Å². The van der Waals surface area contributed by atoms with E-state index in [9.17, 15) is 4.79 Å². The van der Waals surface area contributed by atoms with Crippen molar-refractivity contribution in [1.82, 2.24) is 25.3 Å². The van der Waals surface area contributed by atoms with E-state index in [1.54, 1.807) is 12.4 Å². The van der Waals surface area contributed by atoms with Crippen molar-refractivity contribution in [3.8, 4) is 11.4 Å². The van der Waals surface area contributed by atoms with Crippen LogP contribution >= 0.6 is 0 Å². The van der Waals surface area contributed by atoms with Gasteiger partial charge in [-0.2, -0.15) is 0 Å². The Hall–Kier alpha value is -3.83. The lowest BCUT2D eigenvalue weighted by molar-refractivity contribution is 0.0984. The number of morpholine rings is 1. The van der Waals surface area contributed by atoms with Crippen molar-refractivity contribution in [2.45, 2.75) is 25.9 Å². The van der Waals surface area contributed by atoms with Crippen LogP contribution in [0.1, 0.15) is 18.2 Å². The second-order valence-electron chi connectivity index (χ2n) is 8.82. The number of aromatic nitrogens is 4. The van der Waals surface area contributed by atoms with Crippen molar-refractivity contribution >= 4 is 23.5 Å². The van der Waals surface area contributed by atoms with Gasteiger partial charge in [-0.25, -0.2) is 24.7 Å². The number of anilines is 3. The number of benzene rings is 1. The number of hydrogen-bond acceptors (Lipinski definition) is 9. The fraction of sp³-hybridized carbons (Fsp3) is 0.400. The van der Waals surface area contributed by atoms with Gasteiger partial charge in [0, 0.05) is 48.8 Å². The standard InChI is InChI=1S/C25H30N8O3/c1-17-16-36-14-12-33(17)23-20-7-11-32(24-26-8-2-9-27-24)15-21(20)30-22(31-23)18-3-5-19(6-4-18)29-25(35)28-10-13-34/h2-6,8-9,17,34H,7,10-16H2,1H3,(H2,28,29,35)/t17-/m0/s1. The van der Waals surface area contributed by atoms with Crippen LogP contribution in [0.2, 0.25) is 0 Å². The molecule has 0 saturated carbocycles. The molecule has 1 atom stereocenters. The first kappa shape index (κ1) is 23.9. The fourth-order valence-corrected chi connectivity index (χ4v) is 4.49. The van der Waals surface area contributed by atoms with Gasteiger partial charge in [0.2, 0.25) is 5.95 Å². The van der Waals surface area contributed by atoms with Gasteiger partial charge in [0.25, 0.3) is 0 Å². The summed E-state index contributed by atoms with van der Waals surface area (Å²) in [6.45, 7) is 5.75. The van der Waals surface area contributed by atoms with E-state index in [1.807, 2.05) is 30.3 Å². The van der Waals surface area contributed by atoms with Crippen LogP contribution in [0.5, 0.6) is 0 Å². The SMILES string of the molecule is C[C@H]1COCCN1c1nc(-c2ccc(NC(=O)NCCO)cc2)nc2c1CCN(c1ncccn1)C2. The van der Waals surface area contributed by atoms with E-state index in [-0.39, 0.29) is 25.2 Å². The molecule has 11 heteroatoms. The molecule has 0 radical (unpaired) electrons. The normalized spacial score (nSPS) is 17.4. The highest BCUT2D eigenvalue weighted by molar-refractivity contribution is 5.89. The largest absolute Gasteiger partial charge is 0.395 e. The Bertz CT molecular complexity index is 1190. The third-order valence-corrected chi connectivity index (χ3v) is 6.32. The van der Waals surface area contributed by atoms with Gasteiger partial charge in [0.15, 0.2) is 5.82 Å². The number of amides is 2. The van der Waals surface area contributed by atoms with Crippen molar-refractivity contribution in [2.24, 2.45) is 0 Å². The van der Waals surface area contributed by atoms with Gasteiger partial charge in [-0.3, -0.25) is 0 Å². The summed E-state index contributed by atoms with van der Waals surface area (Å²) in [5.74, 6) is 2.29. The van der Waals surface area contributed by atoms with Crippen LogP contribution in [-0.4, -0.2) is 76.6 Å². The summed E-state index contributed by atoms with van der Waals surface area (Å²) in [5.41, 5.74) is 3.63. The van der Waals surface area contributed by atoms with E-state index in [2.05, 4.69) is 37.3 Å². The monoisotopic (exact) mass is 490 g/mol. The van der Waals surface area contributed by atoms with Crippen LogP contribution in [0.15, 0.2) is 42.7 Å². The number of aliphatic hydroxyl groups is 1.